The number of rotatable bonds is 3. The van der Waals surface area contributed by atoms with Crippen molar-refractivity contribution in [1.82, 2.24) is 9.38 Å². The summed E-state index contributed by atoms with van der Waals surface area (Å²) in [6.45, 7) is 2.70. The van der Waals surface area contributed by atoms with Gasteiger partial charge in [0.2, 0.25) is 0 Å². The quantitative estimate of drug-likeness (QED) is 0.798. The lowest BCUT2D eigenvalue weighted by Gasteiger charge is -2.04. The molecule has 3 nitrogen and oxygen atoms in total. The molecule has 3 rings (SSSR count). The second-order valence-corrected chi connectivity index (χ2v) is 5.75. The Morgan fingerprint density at radius 1 is 1.20 bits per heavy atom. The zero-order chi connectivity index (χ0) is 14.1. The SMILES string of the molecule is Cc1cccn2c(CCN)c(-c3ccc(Br)cc3)nc12. The van der Waals surface area contributed by atoms with Crippen LogP contribution in [0.1, 0.15) is 11.3 Å². The molecule has 2 aromatic heterocycles. The van der Waals surface area contributed by atoms with Crippen LogP contribution in [0.15, 0.2) is 47.1 Å². The van der Waals surface area contributed by atoms with Crippen LogP contribution in [0.3, 0.4) is 0 Å². The van der Waals surface area contributed by atoms with E-state index in [4.69, 9.17) is 10.7 Å². The fraction of sp³-hybridized carbons (Fsp3) is 0.188. The summed E-state index contributed by atoms with van der Waals surface area (Å²) in [7, 11) is 0. The molecular formula is C16H16BrN3. The third kappa shape index (κ3) is 2.25. The monoisotopic (exact) mass is 329 g/mol. The number of benzene rings is 1. The molecule has 20 heavy (non-hydrogen) atoms. The highest BCUT2D eigenvalue weighted by Gasteiger charge is 2.14. The Morgan fingerprint density at radius 3 is 2.65 bits per heavy atom. The highest BCUT2D eigenvalue weighted by atomic mass is 79.9. The second kappa shape index (κ2) is 5.38. The fourth-order valence-electron chi connectivity index (χ4n) is 2.47. The molecule has 0 aliphatic rings. The average Bonchev–Trinajstić information content (AvgIpc) is 2.81. The number of aryl methyl sites for hydroxylation is 1. The molecule has 0 saturated carbocycles. The Bertz CT molecular complexity index is 744. The van der Waals surface area contributed by atoms with E-state index < -0.39 is 0 Å². The summed E-state index contributed by atoms with van der Waals surface area (Å²) >= 11 is 3.47. The van der Waals surface area contributed by atoms with Crippen molar-refractivity contribution in [2.45, 2.75) is 13.3 Å². The number of hydrogen-bond acceptors (Lipinski definition) is 2. The van der Waals surface area contributed by atoms with Crippen LogP contribution in [0.2, 0.25) is 0 Å². The third-order valence-electron chi connectivity index (χ3n) is 3.44. The van der Waals surface area contributed by atoms with Gasteiger partial charge >= 0.3 is 0 Å². The second-order valence-electron chi connectivity index (χ2n) is 4.84. The summed E-state index contributed by atoms with van der Waals surface area (Å²) in [5.41, 5.74) is 11.3. The molecule has 2 heterocycles. The topological polar surface area (TPSA) is 43.3 Å². The predicted molar refractivity (Wildman–Crippen MR) is 85.8 cm³/mol. The minimum Gasteiger partial charge on any atom is -0.330 e. The van der Waals surface area contributed by atoms with Crippen molar-refractivity contribution in [2.75, 3.05) is 6.54 Å². The van der Waals surface area contributed by atoms with Gasteiger partial charge in [-0.1, -0.05) is 34.1 Å². The molecular weight excluding hydrogens is 314 g/mol. The average molecular weight is 330 g/mol. The minimum absolute atomic E-state index is 0.616. The lowest BCUT2D eigenvalue weighted by molar-refractivity contribution is 0.906. The van der Waals surface area contributed by atoms with E-state index in [9.17, 15) is 0 Å². The zero-order valence-corrected chi connectivity index (χ0v) is 12.9. The van der Waals surface area contributed by atoms with Gasteiger partial charge in [0, 0.05) is 22.7 Å². The molecule has 0 aliphatic carbocycles. The van der Waals surface area contributed by atoms with Gasteiger partial charge in [0.05, 0.1) is 11.4 Å². The molecule has 1 aromatic carbocycles. The number of halogens is 1. The molecule has 0 spiro atoms. The summed E-state index contributed by atoms with van der Waals surface area (Å²) in [6.07, 6.45) is 2.87. The maximum atomic E-state index is 5.77. The van der Waals surface area contributed by atoms with Crippen molar-refractivity contribution in [3.8, 4) is 11.3 Å². The maximum absolute atomic E-state index is 5.77. The van der Waals surface area contributed by atoms with E-state index in [1.54, 1.807) is 0 Å². The van der Waals surface area contributed by atoms with E-state index in [1.165, 1.54) is 11.3 Å². The van der Waals surface area contributed by atoms with Crippen LogP contribution in [0, 0.1) is 6.92 Å². The van der Waals surface area contributed by atoms with Crippen molar-refractivity contribution in [1.29, 1.82) is 0 Å². The van der Waals surface area contributed by atoms with Crippen molar-refractivity contribution in [3.63, 3.8) is 0 Å². The first kappa shape index (κ1) is 13.3. The Kier molecular flexibility index (Phi) is 3.59. The van der Waals surface area contributed by atoms with Crippen LogP contribution in [0.5, 0.6) is 0 Å². The molecule has 2 N–H and O–H groups in total. The van der Waals surface area contributed by atoms with Gasteiger partial charge in [0.1, 0.15) is 5.65 Å². The van der Waals surface area contributed by atoms with Gasteiger partial charge in [-0.25, -0.2) is 4.98 Å². The van der Waals surface area contributed by atoms with Gasteiger partial charge in [0.25, 0.3) is 0 Å². The van der Waals surface area contributed by atoms with Crippen LogP contribution < -0.4 is 5.73 Å². The fourth-order valence-corrected chi connectivity index (χ4v) is 2.73. The predicted octanol–water partition coefficient (Wildman–Crippen LogP) is 3.57. The molecule has 0 atom stereocenters. The van der Waals surface area contributed by atoms with Gasteiger partial charge < -0.3 is 10.1 Å². The summed E-state index contributed by atoms with van der Waals surface area (Å²) in [5, 5.41) is 0. The molecule has 0 unspecified atom stereocenters. The number of hydrogen-bond donors (Lipinski definition) is 1. The molecule has 0 amide bonds. The van der Waals surface area contributed by atoms with E-state index in [0.29, 0.717) is 6.54 Å². The Labute approximate surface area is 126 Å². The molecule has 0 aliphatic heterocycles. The number of pyridine rings is 1. The molecule has 0 saturated heterocycles. The number of aromatic nitrogens is 2. The van der Waals surface area contributed by atoms with E-state index >= 15 is 0 Å². The van der Waals surface area contributed by atoms with Crippen LogP contribution in [-0.4, -0.2) is 15.9 Å². The van der Waals surface area contributed by atoms with Crippen molar-refractivity contribution >= 4 is 21.6 Å². The molecule has 102 valence electrons. The van der Waals surface area contributed by atoms with Gasteiger partial charge in [-0.2, -0.15) is 0 Å². The van der Waals surface area contributed by atoms with Gasteiger partial charge in [0.15, 0.2) is 0 Å². The summed E-state index contributed by atoms with van der Waals surface area (Å²) in [5.74, 6) is 0. The van der Waals surface area contributed by atoms with Crippen molar-refractivity contribution < 1.29 is 0 Å². The van der Waals surface area contributed by atoms with Gasteiger partial charge in [-0.15, -0.1) is 0 Å². The molecule has 0 radical (unpaired) electrons. The Hall–Kier alpha value is -1.65. The normalized spacial score (nSPS) is 11.2. The number of fused-ring (bicyclic) bond motifs is 1. The molecule has 4 heteroatoms. The van der Waals surface area contributed by atoms with Gasteiger partial charge in [-0.3, -0.25) is 0 Å². The molecule has 0 fully saturated rings. The lowest BCUT2D eigenvalue weighted by Crippen LogP contribution is -2.06. The van der Waals surface area contributed by atoms with E-state index in [1.807, 2.05) is 12.1 Å². The highest BCUT2D eigenvalue weighted by Crippen LogP contribution is 2.27. The Balaban J connectivity index is 2.26. The standard InChI is InChI=1S/C16H16BrN3/c1-11-3-2-10-20-14(8-9-18)15(19-16(11)20)12-4-6-13(17)7-5-12/h2-7,10H,8-9,18H2,1H3. The molecule has 3 aromatic rings. The van der Waals surface area contributed by atoms with E-state index in [-0.39, 0.29) is 0 Å². The maximum Gasteiger partial charge on any atom is 0.140 e. The lowest BCUT2D eigenvalue weighted by atomic mass is 10.1. The summed E-state index contributed by atoms with van der Waals surface area (Å²) in [4.78, 5) is 4.82. The van der Waals surface area contributed by atoms with Crippen LogP contribution in [0.4, 0.5) is 0 Å². The first-order valence-corrected chi connectivity index (χ1v) is 7.42. The van der Waals surface area contributed by atoms with E-state index in [0.717, 1.165) is 27.8 Å². The van der Waals surface area contributed by atoms with E-state index in [2.05, 4.69) is 57.7 Å². The summed E-state index contributed by atoms with van der Waals surface area (Å²) in [6, 6.07) is 12.4. The third-order valence-corrected chi connectivity index (χ3v) is 3.97. The number of nitrogens with zero attached hydrogens (tertiary/aromatic N) is 2. The summed E-state index contributed by atoms with van der Waals surface area (Å²) < 4.78 is 3.22. The zero-order valence-electron chi connectivity index (χ0n) is 11.3. The van der Waals surface area contributed by atoms with Crippen molar-refractivity contribution in [2.24, 2.45) is 5.73 Å². The molecule has 0 bridgehead atoms. The van der Waals surface area contributed by atoms with Crippen LogP contribution in [-0.2, 0) is 6.42 Å². The number of imidazole rings is 1. The minimum atomic E-state index is 0.616. The van der Waals surface area contributed by atoms with Crippen LogP contribution in [0.25, 0.3) is 16.9 Å². The Morgan fingerprint density at radius 2 is 1.95 bits per heavy atom. The largest absolute Gasteiger partial charge is 0.330 e. The number of nitrogens with two attached hydrogens (primary N) is 1. The smallest absolute Gasteiger partial charge is 0.140 e. The first-order chi connectivity index (χ1) is 9.70. The van der Waals surface area contributed by atoms with Crippen LogP contribution >= 0.6 is 15.9 Å². The first-order valence-electron chi connectivity index (χ1n) is 6.63. The highest BCUT2D eigenvalue weighted by molar-refractivity contribution is 9.10. The van der Waals surface area contributed by atoms with Gasteiger partial charge in [-0.05, 0) is 37.2 Å². The van der Waals surface area contributed by atoms with Crippen molar-refractivity contribution in [3.05, 3.63) is 58.3 Å².